The van der Waals surface area contributed by atoms with E-state index in [9.17, 15) is 0 Å². The second kappa shape index (κ2) is 9.57. The summed E-state index contributed by atoms with van der Waals surface area (Å²) in [6.07, 6.45) is 20.4. The first-order chi connectivity index (χ1) is 20.8. The van der Waals surface area contributed by atoms with Gasteiger partial charge < -0.3 is 0 Å². The lowest BCUT2D eigenvalue weighted by Crippen LogP contribution is -2.14. The first-order valence-corrected chi connectivity index (χ1v) is 15.8. The van der Waals surface area contributed by atoms with Gasteiger partial charge in [-0.2, -0.15) is 0 Å². The van der Waals surface area contributed by atoms with E-state index < -0.39 is 0 Å². The average Bonchev–Trinajstić information content (AvgIpc) is 3.61. The van der Waals surface area contributed by atoms with Gasteiger partial charge in [0.05, 0.1) is 22.0 Å². The van der Waals surface area contributed by atoms with Gasteiger partial charge in [0.15, 0.2) is 0 Å². The largest absolute Gasteiger partial charge is 0.280 e. The van der Waals surface area contributed by atoms with Gasteiger partial charge in [0.1, 0.15) is 0 Å². The highest BCUT2D eigenvalue weighted by Crippen LogP contribution is 2.59. The second-order valence-electron chi connectivity index (χ2n) is 11.5. The maximum Gasteiger partial charge on any atom is 0.235 e. The van der Waals surface area contributed by atoms with Gasteiger partial charge in [-0.15, -0.1) is 11.8 Å². The molecule has 5 aromatic rings. The predicted molar refractivity (Wildman–Crippen MR) is 175 cm³/mol. The van der Waals surface area contributed by atoms with Crippen molar-refractivity contribution in [1.29, 1.82) is 0 Å². The fraction of sp³-hybridized carbons (Fsp3) is 0.158. The predicted octanol–water partition coefficient (Wildman–Crippen LogP) is 9.91. The normalized spacial score (nSPS) is 20.6. The van der Waals surface area contributed by atoms with Gasteiger partial charge >= 0.3 is 0 Å². The van der Waals surface area contributed by atoms with Crippen LogP contribution in [0.3, 0.4) is 0 Å². The Hall–Kier alpha value is -4.41. The van der Waals surface area contributed by atoms with E-state index in [1.54, 1.807) is 0 Å². The van der Waals surface area contributed by atoms with Crippen molar-refractivity contribution in [1.82, 2.24) is 14.5 Å². The molecular weight excluding hydrogens is 531 g/mol. The summed E-state index contributed by atoms with van der Waals surface area (Å²) in [4.78, 5) is 12.0. The highest BCUT2D eigenvalue weighted by molar-refractivity contribution is 8.00. The van der Waals surface area contributed by atoms with Gasteiger partial charge in [-0.1, -0.05) is 97.1 Å². The van der Waals surface area contributed by atoms with Crippen LogP contribution < -0.4 is 0 Å². The lowest BCUT2D eigenvalue weighted by Gasteiger charge is -2.24. The quantitative estimate of drug-likeness (QED) is 0.220. The van der Waals surface area contributed by atoms with E-state index in [-0.39, 0.29) is 5.25 Å². The molecule has 4 heteroatoms. The van der Waals surface area contributed by atoms with Crippen LogP contribution in [0.5, 0.6) is 0 Å². The number of thioether (sulfide) groups is 1. The van der Waals surface area contributed by atoms with Crippen molar-refractivity contribution in [2.75, 3.05) is 0 Å². The highest BCUT2D eigenvalue weighted by atomic mass is 32.2. The molecule has 202 valence electrons. The molecular formula is C38H29N3S. The van der Waals surface area contributed by atoms with Crippen LogP contribution in [0.15, 0.2) is 125 Å². The number of benzene rings is 3. The van der Waals surface area contributed by atoms with Crippen LogP contribution in [0.25, 0.3) is 39.4 Å². The van der Waals surface area contributed by atoms with Crippen LogP contribution in [-0.4, -0.2) is 14.5 Å². The van der Waals surface area contributed by atoms with Crippen LogP contribution in [0.2, 0.25) is 0 Å². The molecule has 0 saturated heterocycles. The topological polar surface area (TPSA) is 30.7 Å². The zero-order valence-corrected chi connectivity index (χ0v) is 24.0. The molecule has 0 N–H and O–H groups in total. The summed E-state index contributed by atoms with van der Waals surface area (Å²) in [7, 11) is 0. The molecule has 9 rings (SSSR count). The SMILES string of the molecule is C1=CCCC(C2=CC=C(c3nc(-n4c5c(c6ccccc64)C=CC4c6ccccc6SC54)nc4ccccc34)CC2)=C1. The summed E-state index contributed by atoms with van der Waals surface area (Å²) in [6.45, 7) is 0. The van der Waals surface area contributed by atoms with Gasteiger partial charge in [0, 0.05) is 32.8 Å². The highest BCUT2D eigenvalue weighted by Gasteiger charge is 2.39. The molecule has 3 heterocycles. The van der Waals surface area contributed by atoms with Crippen molar-refractivity contribution in [2.45, 2.75) is 41.7 Å². The Bertz CT molecular complexity index is 2090. The van der Waals surface area contributed by atoms with E-state index >= 15 is 0 Å². The molecule has 2 unspecified atom stereocenters. The minimum Gasteiger partial charge on any atom is -0.280 e. The second-order valence-corrected chi connectivity index (χ2v) is 12.7. The van der Waals surface area contributed by atoms with Crippen LogP contribution in [0, 0.1) is 0 Å². The number of para-hydroxylation sites is 2. The van der Waals surface area contributed by atoms with Crippen molar-refractivity contribution in [3.8, 4) is 5.95 Å². The third-order valence-corrected chi connectivity index (χ3v) is 10.6. The van der Waals surface area contributed by atoms with Crippen molar-refractivity contribution < 1.29 is 0 Å². The van der Waals surface area contributed by atoms with Crippen LogP contribution in [0.1, 0.15) is 59.4 Å². The molecule has 0 saturated carbocycles. The maximum absolute atomic E-state index is 5.42. The van der Waals surface area contributed by atoms with E-state index in [4.69, 9.17) is 9.97 Å². The number of allylic oxidation sites excluding steroid dienone is 9. The van der Waals surface area contributed by atoms with Crippen molar-refractivity contribution in [3.05, 3.63) is 143 Å². The Labute approximate surface area is 249 Å². The lowest BCUT2D eigenvalue weighted by molar-refractivity contribution is 0.762. The Morgan fingerprint density at radius 1 is 0.738 bits per heavy atom. The molecule has 0 fully saturated rings. The summed E-state index contributed by atoms with van der Waals surface area (Å²) in [5.74, 6) is 1.11. The Morgan fingerprint density at radius 2 is 1.52 bits per heavy atom. The fourth-order valence-corrected chi connectivity index (χ4v) is 8.70. The summed E-state index contributed by atoms with van der Waals surface area (Å²) in [6, 6.07) is 26.1. The molecule has 1 aliphatic heterocycles. The Balaban J connectivity index is 1.25. The van der Waals surface area contributed by atoms with E-state index in [0.717, 1.165) is 48.2 Å². The lowest BCUT2D eigenvalue weighted by atomic mass is 9.87. The molecule has 2 atom stereocenters. The van der Waals surface area contributed by atoms with E-state index in [1.807, 2.05) is 11.8 Å². The summed E-state index contributed by atoms with van der Waals surface area (Å²) in [5, 5.41) is 2.66. The maximum atomic E-state index is 5.42. The third kappa shape index (κ3) is 3.68. The van der Waals surface area contributed by atoms with Gasteiger partial charge in [0.2, 0.25) is 5.95 Å². The smallest absolute Gasteiger partial charge is 0.235 e. The molecule has 3 nitrogen and oxygen atoms in total. The molecule has 2 aromatic heterocycles. The first-order valence-electron chi connectivity index (χ1n) is 14.9. The third-order valence-electron chi connectivity index (χ3n) is 9.22. The van der Waals surface area contributed by atoms with Crippen molar-refractivity contribution in [3.63, 3.8) is 0 Å². The Kier molecular flexibility index (Phi) is 5.52. The average molecular weight is 560 g/mol. The summed E-state index contributed by atoms with van der Waals surface area (Å²) >= 11 is 1.98. The van der Waals surface area contributed by atoms with Gasteiger partial charge in [-0.05, 0) is 66.2 Å². The van der Waals surface area contributed by atoms with Gasteiger partial charge in [-0.25, -0.2) is 9.97 Å². The van der Waals surface area contributed by atoms with Crippen LogP contribution >= 0.6 is 11.8 Å². The standard InChI is InChI=1S/C38H29N3S/c1-2-10-24(11-3-1)25-18-20-26(21-19-25)35-31-14-4-7-15-32(31)39-38(40-35)41-33-16-8-5-12-27(33)29-22-23-30-28-13-6-9-17-34(28)42-37(30)36(29)41/h1-2,4-10,12-18,20,22-23,30,37H,3,11,19,21H2. The fourth-order valence-electron chi connectivity index (χ4n) is 7.20. The minimum absolute atomic E-state index is 0.283. The molecule has 0 bridgehead atoms. The first kappa shape index (κ1) is 24.2. The zero-order valence-electron chi connectivity index (χ0n) is 23.2. The molecule has 3 aromatic carbocycles. The van der Waals surface area contributed by atoms with Crippen LogP contribution in [0.4, 0.5) is 0 Å². The van der Waals surface area contributed by atoms with E-state index in [2.05, 4.69) is 120 Å². The summed E-state index contributed by atoms with van der Waals surface area (Å²) < 4.78 is 2.37. The molecule has 4 aliphatic rings. The Morgan fingerprint density at radius 3 is 2.40 bits per heavy atom. The number of hydrogen-bond acceptors (Lipinski definition) is 3. The van der Waals surface area contributed by atoms with E-state index in [0.29, 0.717) is 5.92 Å². The number of rotatable bonds is 3. The molecule has 42 heavy (non-hydrogen) atoms. The van der Waals surface area contributed by atoms with Gasteiger partial charge in [0.25, 0.3) is 0 Å². The van der Waals surface area contributed by atoms with Crippen LogP contribution in [-0.2, 0) is 0 Å². The number of hydrogen-bond donors (Lipinski definition) is 0. The molecule has 0 spiro atoms. The molecule has 0 amide bonds. The summed E-state index contributed by atoms with van der Waals surface area (Å²) in [5.41, 5.74) is 11.5. The zero-order chi connectivity index (χ0) is 27.6. The molecule has 3 aliphatic carbocycles. The van der Waals surface area contributed by atoms with Crippen molar-refractivity contribution >= 4 is 45.2 Å². The van der Waals surface area contributed by atoms with Gasteiger partial charge in [-0.3, -0.25) is 4.57 Å². The van der Waals surface area contributed by atoms with E-state index in [1.165, 1.54) is 49.3 Å². The number of nitrogens with zero attached hydrogens (tertiary/aromatic N) is 3. The number of aromatic nitrogens is 3. The monoisotopic (exact) mass is 559 g/mol. The number of fused-ring (bicyclic) bond motifs is 8. The minimum atomic E-state index is 0.283. The van der Waals surface area contributed by atoms with Crippen molar-refractivity contribution in [2.24, 2.45) is 0 Å². The molecule has 0 radical (unpaired) electrons.